The van der Waals surface area contributed by atoms with E-state index in [2.05, 4.69) is 10.2 Å². The quantitative estimate of drug-likeness (QED) is 0.838. The lowest BCUT2D eigenvalue weighted by atomic mass is 10.2. The molecule has 0 N–H and O–H groups in total. The highest BCUT2D eigenvalue weighted by Crippen LogP contribution is 2.16. The molecule has 0 bridgehead atoms. The number of amides is 1. The second-order valence-electron chi connectivity index (χ2n) is 4.89. The van der Waals surface area contributed by atoms with Crippen LogP contribution in [0, 0.1) is 12.7 Å². The molecule has 2 aromatic rings. The maximum absolute atomic E-state index is 12.9. The van der Waals surface area contributed by atoms with Crippen LogP contribution in [0.1, 0.15) is 16.2 Å². The molecule has 6 nitrogen and oxygen atoms in total. The lowest BCUT2D eigenvalue weighted by Crippen LogP contribution is -2.48. The lowest BCUT2D eigenvalue weighted by Gasteiger charge is -2.33. The van der Waals surface area contributed by atoms with Gasteiger partial charge in [0.2, 0.25) is 5.89 Å². The first-order chi connectivity index (χ1) is 10.1. The number of benzene rings is 1. The lowest BCUT2D eigenvalue weighted by molar-refractivity contribution is 0.0745. The molecule has 0 atom stereocenters. The molecule has 0 aliphatic carbocycles. The standard InChI is InChI=1S/C14H15FN4O2/c1-10-16-17-14(21-10)19-8-6-18(7-9-19)13(20)11-2-4-12(15)5-3-11/h2-5H,6-9H2,1H3. The van der Waals surface area contributed by atoms with Crippen molar-refractivity contribution in [2.45, 2.75) is 6.92 Å². The zero-order chi connectivity index (χ0) is 14.8. The fraction of sp³-hybridized carbons (Fsp3) is 0.357. The van der Waals surface area contributed by atoms with Crippen molar-refractivity contribution in [1.82, 2.24) is 15.1 Å². The van der Waals surface area contributed by atoms with E-state index >= 15 is 0 Å². The molecule has 21 heavy (non-hydrogen) atoms. The number of hydrogen-bond donors (Lipinski definition) is 0. The van der Waals surface area contributed by atoms with Crippen LogP contribution in [0.3, 0.4) is 0 Å². The van der Waals surface area contributed by atoms with Gasteiger partial charge in [0.25, 0.3) is 5.91 Å². The van der Waals surface area contributed by atoms with Crippen LogP contribution in [0.15, 0.2) is 28.7 Å². The summed E-state index contributed by atoms with van der Waals surface area (Å²) in [5.74, 6) is 0.0920. The van der Waals surface area contributed by atoms with E-state index in [1.54, 1.807) is 11.8 Å². The average molecular weight is 290 g/mol. The van der Waals surface area contributed by atoms with Gasteiger partial charge in [0.15, 0.2) is 0 Å². The molecule has 0 spiro atoms. The number of nitrogens with zero attached hydrogens (tertiary/aromatic N) is 4. The second kappa shape index (κ2) is 5.51. The Balaban J connectivity index is 1.63. The molecule has 0 radical (unpaired) electrons. The summed E-state index contributed by atoms with van der Waals surface area (Å²) >= 11 is 0. The first-order valence-electron chi connectivity index (χ1n) is 6.73. The third kappa shape index (κ3) is 2.86. The van der Waals surface area contributed by atoms with Crippen molar-refractivity contribution >= 4 is 11.9 Å². The van der Waals surface area contributed by atoms with Crippen LogP contribution in [-0.4, -0.2) is 47.2 Å². The second-order valence-corrected chi connectivity index (χ2v) is 4.89. The van der Waals surface area contributed by atoms with Gasteiger partial charge in [-0.25, -0.2) is 4.39 Å². The van der Waals surface area contributed by atoms with Gasteiger partial charge in [0.05, 0.1) is 0 Å². The molecule has 2 heterocycles. The van der Waals surface area contributed by atoms with Crippen molar-refractivity contribution in [1.29, 1.82) is 0 Å². The summed E-state index contributed by atoms with van der Waals surface area (Å²) in [6.45, 7) is 4.14. The van der Waals surface area contributed by atoms with Crippen LogP contribution >= 0.6 is 0 Å². The van der Waals surface area contributed by atoms with Crippen molar-refractivity contribution in [3.05, 3.63) is 41.5 Å². The van der Waals surface area contributed by atoms with Gasteiger partial charge in [-0.3, -0.25) is 4.79 Å². The minimum Gasteiger partial charge on any atom is -0.408 e. The first-order valence-corrected chi connectivity index (χ1v) is 6.73. The molecule has 1 aromatic heterocycles. The Kier molecular flexibility index (Phi) is 3.55. The minimum atomic E-state index is -0.344. The van der Waals surface area contributed by atoms with Crippen LogP contribution in [0.2, 0.25) is 0 Å². The summed E-state index contributed by atoms with van der Waals surface area (Å²) in [5.41, 5.74) is 0.499. The highest BCUT2D eigenvalue weighted by atomic mass is 19.1. The maximum Gasteiger partial charge on any atom is 0.318 e. The van der Waals surface area contributed by atoms with Gasteiger partial charge in [0, 0.05) is 38.7 Å². The van der Waals surface area contributed by atoms with Crippen molar-refractivity contribution in [2.75, 3.05) is 31.1 Å². The minimum absolute atomic E-state index is 0.0867. The van der Waals surface area contributed by atoms with Gasteiger partial charge in [-0.15, -0.1) is 5.10 Å². The molecule has 0 unspecified atom stereocenters. The largest absolute Gasteiger partial charge is 0.408 e. The number of anilines is 1. The molecule has 1 aromatic carbocycles. The first kappa shape index (κ1) is 13.5. The Morgan fingerprint density at radius 3 is 2.38 bits per heavy atom. The number of hydrogen-bond acceptors (Lipinski definition) is 5. The summed E-state index contributed by atoms with van der Waals surface area (Å²) in [6.07, 6.45) is 0. The van der Waals surface area contributed by atoms with Crippen molar-refractivity contribution in [3.63, 3.8) is 0 Å². The molecule has 0 saturated carbocycles. The number of piperazine rings is 1. The van der Waals surface area contributed by atoms with E-state index in [-0.39, 0.29) is 11.7 Å². The molecule has 1 fully saturated rings. The molecule has 3 rings (SSSR count). The normalized spacial score (nSPS) is 15.3. The van der Waals surface area contributed by atoms with E-state index in [1.807, 2.05) is 4.90 Å². The summed E-state index contributed by atoms with van der Waals surface area (Å²) in [7, 11) is 0. The molecule has 1 saturated heterocycles. The van der Waals surface area contributed by atoms with Gasteiger partial charge in [-0.1, -0.05) is 5.10 Å². The van der Waals surface area contributed by atoms with E-state index in [4.69, 9.17) is 4.42 Å². The van der Waals surface area contributed by atoms with Crippen molar-refractivity contribution in [3.8, 4) is 0 Å². The summed E-state index contributed by atoms with van der Waals surface area (Å²) in [4.78, 5) is 16.0. The highest BCUT2D eigenvalue weighted by molar-refractivity contribution is 5.94. The highest BCUT2D eigenvalue weighted by Gasteiger charge is 2.24. The predicted molar refractivity (Wildman–Crippen MR) is 73.6 cm³/mol. The van der Waals surface area contributed by atoms with Crippen molar-refractivity contribution in [2.24, 2.45) is 0 Å². The SMILES string of the molecule is Cc1nnc(N2CCN(C(=O)c3ccc(F)cc3)CC2)o1. The number of aryl methyl sites for hydroxylation is 1. The average Bonchev–Trinajstić information content (AvgIpc) is 2.94. The zero-order valence-electron chi connectivity index (χ0n) is 11.6. The Morgan fingerprint density at radius 1 is 1.14 bits per heavy atom. The van der Waals surface area contributed by atoms with E-state index in [0.717, 1.165) is 0 Å². The van der Waals surface area contributed by atoms with E-state index in [0.29, 0.717) is 43.6 Å². The van der Waals surface area contributed by atoms with Crippen LogP contribution in [0.25, 0.3) is 0 Å². The Labute approximate surface area is 121 Å². The topological polar surface area (TPSA) is 62.5 Å². The summed E-state index contributed by atoms with van der Waals surface area (Å²) in [5, 5.41) is 7.77. The van der Waals surface area contributed by atoms with Gasteiger partial charge >= 0.3 is 6.01 Å². The van der Waals surface area contributed by atoms with Crippen LogP contribution in [0.5, 0.6) is 0 Å². The van der Waals surface area contributed by atoms with Crippen molar-refractivity contribution < 1.29 is 13.6 Å². The Morgan fingerprint density at radius 2 is 1.81 bits per heavy atom. The van der Waals surface area contributed by atoms with Crippen LogP contribution < -0.4 is 4.90 Å². The molecular formula is C14H15FN4O2. The smallest absolute Gasteiger partial charge is 0.318 e. The number of carbonyl (C=O) groups is 1. The Bertz CT molecular complexity index is 633. The fourth-order valence-corrected chi connectivity index (χ4v) is 2.29. The predicted octanol–water partition coefficient (Wildman–Crippen LogP) is 1.48. The van der Waals surface area contributed by atoms with Gasteiger partial charge in [-0.05, 0) is 24.3 Å². The fourth-order valence-electron chi connectivity index (χ4n) is 2.29. The summed E-state index contributed by atoms with van der Waals surface area (Å²) < 4.78 is 18.3. The van der Waals surface area contributed by atoms with Gasteiger partial charge < -0.3 is 14.2 Å². The molecular weight excluding hydrogens is 275 g/mol. The van der Waals surface area contributed by atoms with Gasteiger partial charge in [0.1, 0.15) is 5.82 Å². The third-order valence-electron chi connectivity index (χ3n) is 3.44. The third-order valence-corrected chi connectivity index (χ3v) is 3.44. The molecule has 1 amide bonds. The van der Waals surface area contributed by atoms with Crippen LogP contribution in [0.4, 0.5) is 10.4 Å². The monoisotopic (exact) mass is 290 g/mol. The van der Waals surface area contributed by atoms with E-state index in [1.165, 1.54) is 24.3 Å². The van der Waals surface area contributed by atoms with E-state index in [9.17, 15) is 9.18 Å². The number of halogens is 1. The van der Waals surface area contributed by atoms with E-state index < -0.39 is 0 Å². The zero-order valence-corrected chi connectivity index (χ0v) is 11.6. The van der Waals surface area contributed by atoms with Gasteiger partial charge in [-0.2, -0.15) is 0 Å². The molecule has 1 aliphatic heterocycles. The number of rotatable bonds is 2. The maximum atomic E-state index is 12.9. The van der Waals surface area contributed by atoms with Crippen LogP contribution in [-0.2, 0) is 0 Å². The number of aromatic nitrogens is 2. The molecule has 1 aliphatic rings. The molecule has 110 valence electrons. The Hall–Kier alpha value is -2.44. The number of carbonyl (C=O) groups excluding carboxylic acids is 1. The summed E-state index contributed by atoms with van der Waals surface area (Å²) in [6, 6.07) is 6.09. The molecule has 7 heteroatoms.